The number of nitrogens with zero attached hydrogens (tertiary/aromatic N) is 1. The number of aromatic hydroxyl groups is 1. The molecule has 0 atom stereocenters. The summed E-state index contributed by atoms with van der Waals surface area (Å²) in [4.78, 5) is 12.1. The lowest BCUT2D eigenvalue weighted by Crippen LogP contribution is -2.17. The molecule has 2 N–H and O–H groups in total. The maximum Gasteiger partial charge on any atom is 0.275 e. The first-order valence-corrected chi connectivity index (χ1v) is 6.94. The highest BCUT2D eigenvalue weighted by Gasteiger charge is 2.11. The van der Waals surface area contributed by atoms with Gasteiger partial charge >= 0.3 is 0 Å². The molecule has 0 aliphatic rings. The van der Waals surface area contributed by atoms with E-state index in [0.29, 0.717) is 5.56 Å². The lowest BCUT2D eigenvalue weighted by molar-refractivity contribution is 0.0952. The number of hydrazone groups is 1. The molecule has 23 heavy (non-hydrogen) atoms. The van der Waals surface area contributed by atoms with Crippen LogP contribution in [-0.2, 0) is 0 Å². The maximum atomic E-state index is 12.8. The summed E-state index contributed by atoms with van der Waals surface area (Å²) in [6.07, 6.45) is 1.40. The average Bonchev–Trinajstić information content (AvgIpc) is 2.56. The number of benzene rings is 3. The van der Waals surface area contributed by atoms with Gasteiger partial charge in [-0.2, -0.15) is 5.10 Å². The summed E-state index contributed by atoms with van der Waals surface area (Å²) in [6.45, 7) is 0. The monoisotopic (exact) mass is 308 g/mol. The number of fused-ring (bicyclic) bond motifs is 1. The second-order valence-corrected chi connectivity index (χ2v) is 4.97. The van der Waals surface area contributed by atoms with Crippen molar-refractivity contribution in [2.24, 2.45) is 5.10 Å². The van der Waals surface area contributed by atoms with Gasteiger partial charge in [0.15, 0.2) is 0 Å². The van der Waals surface area contributed by atoms with Crippen LogP contribution < -0.4 is 5.43 Å². The fourth-order valence-electron chi connectivity index (χ4n) is 2.18. The van der Waals surface area contributed by atoms with E-state index in [1.807, 2.05) is 24.3 Å². The van der Waals surface area contributed by atoms with Gasteiger partial charge in [0.25, 0.3) is 5.91 Å². The zero-order chi connectivity index (χ0) is 16.2. The third-order valence-electron chi connectivity index (χ3n) is 3.36. The van der Waals surface area contributed by atoms with Crippen LogP contribution in [0, 0.1) is 5.82 Å². The van der Waals surface area contributed by atoms with Crippen LogP contribution in [0.4, 0.5) is 4.39 Å². The SMILES string of the molecule is O=C(NN=Cc1ccc(F)cc1)c1cc2ccccc2cc1O. The van der Waals surface area contributed by atoms with Gasteiger partial charge in [0.05, 0.1) is 11.8 Å². The minimum atomic E-state index is -0.522. The lowest BCUT2D eigenvalue weighted by Gasteiger charge is -2.05. The molecule has 0 aromatic heterocycles. The molecular weight excluding hydrogens is 295 g/mol. The molecular formula is C18H13FN2O2. The van der Waals surface area contributed by atoms with Gasteiger partial charge in [0.1, 0.15) is 11.6 Å². The van der Waals surface area contributed by atoms with Crippen LogP contribution >= 0.6 is 0 Å². The highest BCUT2D eigenvalue weighted by atomic mass is 19.1. The van der Waals surface area contributed by atoms with E-state index in [2.05, 4.69) is 10.5 Å². The minimum absolute atomic E-state index is 0.113. The van der Waals surface area contributed by atoms with E-state index < -0.39 is 5.91 Å². The molecule has 3 aromatic rings. The van der Waals surface area contributed by atoms with Gasteiger partial charge in [0, 0.05) is 0 Å². The van der Waals surface area contributed by atoms with E-state index in [4.69, 9.17) is 0 Å². The second-order valence-electron chi connectivity index (χ2n) is 4.97. The van der Waals surface area contributed by atoms with Crippen molar-refractivity contribution in [2.75, 3.05) is 0 Å². The Kier molecular flexibility index (Phi) is 4.01. The number of carbonyl (C=O) groups excluding carboxylic acids is 1. The van der Waals surface area contributed by atoms with Gasteiger partial charge in [-0.1, -0.05) is 36.4 Å². The Morgan fingerprint density at radius 3 is 2.39 bits per heavy atom. The first kappa shape index (κ1) is 14.7. The number of halogens is 1. The zero-order valence-electron chi connectivity index (χ0n) is 12.0. The Hall–Kier alpha value is -3.21. The molecule has 0 bridgehead atoms. The molecule has 0 saturated carbocycles. The Balaban J connectivity index is 1.78. The summed E-state index contributed by atoms with van der Waals surface area (Å²) >= 11 is 0. The highest BCUT2D eigenvalue weighted by Crippen LogP contribution is 2.24. The van der Waals surface area contributed by atoms with Crippen molar-refractivity contribution in [1.82, 2.24) is 5.43 Å². The molecule has 0 aliphatic heterocycles. The summed E-state index contributed by atoms with van der Waals surface area (Å²) < 4.78 is 12.8. The summed E-state index contributed by atoms with van der Waals surface area (Å²) in [6, 6.07) is 16.2. The molecule has 114 valence electrons. The maximum absolute atomic E-state index is 12.8. The predicted molar refractivity (Wildman–Crippen MR) is 87.1 cm³/mol. The zero-order valence-corrected chi connectivity index (χ0v) is 12.0. The topological polar surface area (TPSA) is 61.7 Å². The fraction of sp³-hybridized carbons (Fsp3) is 0. The first-order valence-electron chi connectivity index (χ1n) is 6.94. The van der Waals surface area contributed by atoms with Crippen molar-refractivity contribution in [1.29, 1.82) is 0 Å². The number of phenols is 1. The van der Waals surface area contributed by atoms with Crippen molar-refractivity contribution in [3.63, 3.8) is 0 Å². The van der Waals surface area contributed by atoms with Gasteiger partial charge < -0.3 is 5.11 Å². The third kappa shape index (κ3) is 3.35. The Bertz CT molecular complexity index is 889. The molecule has 1 amide bonds. The van der Waals surface area contributed by atoms with Gasteiger partial charge in [-0.25, -0.2) is 9.82 Å². The largest absolute Gasteiger partial charge is 0.507 e. The summed E-state index contributed by atoms with van der Waals surface area (Å²) in [5.74, 6) is -0.975. The van der Waals surface area contributed by atoms with E-state index >= 15 is 0 Å². The number of hydrogen-bond donors (Lipinski definition) is 2. The van der Waals surface area contributed by atoms with Crippen molar-refractivity contribution >= 4 is 22.9 Å². The molecule has 0 heterocycles. The van der Waals surface area contributed by atoms with Crippen LogP contribution in [0.15, 0.2) is 65.8 Å². The second kappa shape index (κ2) is 6.27. The number of carbonyl (C=O) groups is 1. The summed E-state index contributed by atoms with van der Waals surface area (Å²) in [7, 11) is 0. The number of nitrogens with one attached hydrogen (secondary N) is 1. The van der Waals surface area contributed by atoms with Gasteiger partial charge in [-0.3, -0.25) is 4.79 Å². The minimum Gasteiger partial charge on any atom is -0.507 e. The Morgan fingerprint density at radius 1 is 1.04 bits per heavy atom. The van der Waals surface area contributed by atoms with E-state index in [0.717, 1.165) is 10.8 Å². The summed E-state index contributed by atoms with van der Waals surface area (Å²) in [5.41, 5.74) is 3.13. The van der Waals surface area contributed by atoms with E-state index in [-0.39, 0.29) is 17.1 Å². The van der Waals surface area contributed by atoms with Crippen molar-refractivity contribution in [3.8, 4) is 5.75 Å². The molecule has 0 unspecified atom stereocenters. The predicted octanol–water partition coefficient (Wildman–Crippen LogP) is 3.45. The standard InChI is InChI=1S/C18H13FN2O2/c19-15-7-5-12(6-8-15)11-20-21-18(23)16-9-13-3-1-2-4-14(13)10-17(16)22/h1-11,22H,(H,21,23). The Labute approximate surface area is 131 Å². The quantitative estimate of drug-likeness (QED) is 0.575. The molecule has 3 rings (SSSR count). The van der Waals surface area contributed by atoms with Crippen molar-refractivity contribution in [3.05, 3.63) is 77.6 Å². The van der Waals surface area contributed by atoms with Crippen molar-refractivity contribution in [2.45, 2.75) is 0 Å². The molecule has 5 heteroatoms. The van der Waals surface area contributed by atoms with Gasteiger partial charge in [-0.15, -0.1) is 0 Å². The highest BCUT2D eigenvalue weighted by molar-refractivity contribution is 6.01. The fourth-order valence-corrected chi connectivity index (χ4v) is 2.18. The molecule has 0 saturated heterocycles. The number of rotatable bonds is 3. The van der Waals surface area contributed by atoms with Crippen LogP contribution in [0.5, 0.6) is 5.75 Å². The van der Waals surface area contributed by atoms with Crippen LogP contribution in [0.3, 0.4) is 0 Å². The number of amides is 1. The third-order valence-corrected chi connectivity index (χ3v) is 3.36. The van der Waals surface area contributed by atoms with Crippen LogP contribution in [0.2, 0.25) is 0 Å². The van der Waals surface area contributed by atoms with Crippen LogP contribution in [0.25, 0.3) is 10.8 Å². The van der Waals surface area contributed by atoms with Crippen LogP contribution in [-0.4, -0.2) is 17.2 Å². The Morgan fingerprint density at radius 2 is 1.70 bits per heavy atom. The number of hydrogen-bond acceptors (Lipinski definition) is 3. The van der Waals surface area contributed by atoms with Gasteiger partial charge in [-0.05, 0) is 40.6 Å². The van der Waals surface area contributed by atoms with E-state index in [1.54, 1.807) is 18.2 Å². The van der Waals surface area contributed by atoms with E-state index in [9.17, 15) is 14.3 Å². The molecule has 4 nitrogen and oxygen atoms in total. The summed E-state index contributed by atoms with van der Waals surface area (Å²) in [5, 5.41) is 15.5. The molecule has 0 spiro atoms. The molecule has 0 fully saturated rings. The van der Waals surface area contributed by atoms with Crippen molar-refractivity contribution < 1.29 is 14.3 Å². The molecule has 0 aliphatic carbocycles. The average molecular weight is 308 g/mol. The molecule has 0 radical (unpaired) electrons. The molecule has 3 aromatic carbocycles. The van der Waals surface area contributed by atoms with Crippen LogP contribution in [0.1, 0.15) is 15.9 Å². The van der Waals surface area contributed by atoms with Gasteiger partial charge in [0.2, 0.25) is 0 Å². The smallest absolute Gasteiger partial charge is 0.275 e. The lowest BCUT2D eigenvalue weighted by atomic mass is 10.1. The van der Waals surface area contributed by atoms with E-state index in [1.165, 1.54) is 24.4 Å². The first-order chi connectivity index (χ1) is 11.1. The normalized spacial score (nSPS) is 11.0. The number of phenolic OH excluding ortho intramolecular Hbond substituents is 1.